The number of hydrogen-bond acceptors (Lipinski definition) is 4. The van der Waals surface area contributed by atoms with Gasteiger partial charge in [0.25, 0.3) is 0 Å². The molecule has 1 fully saturated rings. The van der Waals surface area contributed by atoms with Crippen LogP contribution in [-0.4, -0.2) is 54.7 Å². The van der Waals surface area contributed by atoms with E-state index >= 15 is 0 Å². The molecule has 1 aliphatic carbocycles. The van der Waals surface area contributed by atoms with Crippen LogP contribution in [0, 0.1) is 0 Å². The molecule has 0 spiro atoms. The molecule has 1 aliphatic heterocycles. The van der Waals surface area contributed by atoms with Gasteiger partial charge in [0.1, 0.15) is 5.60 Å². The van der Waals surface area contributed by atoms with Crippen molar-refractivity contribution < 1.29 is 14.3 Å². The Balaban J connectivity index is 1.71. The molecule has 6 nitrogen and oxygen atoms in total. The van der Waals surface area contributed by atoms with E-state index in [-0.39, 0.29) is 11.9 Å². The standard InChI is InChI=1S/C21H37N3O3/c1-21(2,3)27-20(26)23-15-18-11-7-8-14-24(18)16-19(25)22-13-12-17-9-5-4-6-10-17/h9,18H,4-8,10-16H2,1-3H3,(H,22,25)(H,23,26). The largest absolute Gasteiger partial charge is 0.444 e. The molecule has 2 aliphatic rings. The third-order valence-electron chi connectivity index (χ3n) is 5.13. The fourth-order valence-corrected chi connectivity index (χ4v) is 3.75. The van der Waals surface area contributed by atoms with Crippen LogP contribution in [0.1, 0.15) is 72.1 Å². The van der Waals surface area contributed by atoms with Gasteiger partial charge in [-0.25, -0.2) is 4.79 Å². The normalized spacial score (nSPS) is 21.3. The molecule has 0 aromatic carbocycles. The molecule has 1 saturated heterocycles. The lowest BCUT2D eigenvalue weighted by atomic mass is 9.97. The molecule has 0 radical (unpaired) electrons. The first kappa shape index (κ1) is 21.7. The van der Waals surface area contributed by atoms with Gasteiger partial charge >= 0.3 is 6.09 Å². The van der Waals surface area contributed by atoms with Crippen molar-refractivity contribution in [1.29, 1.82) is 0 Å². The number of carbonyl (C=O) groups is 2. The molecule has 2 amide bonds. The van der Waals surface area contributed by atoms with Crippen molar-refractivity contribution in [2.75, 3.05) is 26.2 Å². The zero-order valence-electron chi connectivity index (χ0n) is 17.3. The smallest absolute Gasteiger partial charge is 0.407 e. The number of amides is 2. The lowest BCUT2D eigenvalue weighted by molar-refractivity contribution is -0.123. The lowest BCUT2D eigenvalue weighted by Gasteiger charge is -2.35. The maximum atomic E-state index is 12.3. The van der Waals surface area contributed by atoms with Crippen molar-refractivity contribution in [1.82, 2.24) is 15.5 Å². The van der Waals surface area contributed by atoms with Crippen LogP contribution in [0.3, 0.4) is 0 Å². The summed E-state index contributed by atoms with van der Waals surface area (Å²) in [7, 11) is 0. The number of nitrogens with zero attached hydrogens (tertiary/aromatic N) is 1. The van der Waals surface area contributed by atoms with E-state index < -0.39 is 11.7 Å². The minimum atomic E-state index is -0.496. The van der Waals surface area contributed by atoms with E-state index in [0.29, 0.717) is 13.1 Å². The number of rotatable bonds is 7. The highest BCUT2D eigenvalue weighted by Gasteiger charge is 2.25. The second-order valence-corrected chi connectivity index (χ2v) is 8.71. The molecular weight excluding hydrogens is 342 g/mol. The third-order valence-corrected chi connectivity index (χ3v) is 5.13. The van der Waals surface area contributed by atoms with Gasteiger partial charge in [-0.15, -0.1) is 0 Å². The number of alkyl carbamates (subject to hydrolysis) is 1. The van der Waals surface area contributed by atoms with Gasteiger partial charge in [0.2, 0.25) is 5.91 Å². The van der Waals surface area contributed by atoms with Gasteiger partial charge in [0.15, 0.2) is 0 Å². The van der Waals surface area contributed by atoms with Crippen molar-refractivity contribution in [2.24, 2.45) is 0 Å². The van der Waals surface area contributed by atoms with Crippen LogP contribution < -0.4 is 10.6 Å². The molecule has 1 unspecified atom stereocenters. The van der Waals surface area contributed by atoms with E-state index in [0.717, 1.165) is 38.8 Å². The van der Waals surface area contributed by atoms with E-state index in [1.54, 1.807) is 0 Å². The molecule has 1 atom stereocenters. The van der Waals surface area contributed by atoms with Crippen LogP contribution in [-0.2, 0) is 9.53 Å². The highest BCUT2D eigenvalue weighted by atomic mass is 16.6. The second kappa shape index (κ2) is 10.7. The summed E-state index contributed by atoms with van der Waals surface area (Å²) in [5.74, 6) is 0.0792. The number of hydrogen-bond donors (Lipinski definition) is 2. The summed E-state index contributed by atoms with van der Waals surface area (Å²) in [4.78, 5) is 26.4. The number of piperidine rings is 1. The first-order valence-electron chi connectivity index (χ1n) is 10.5. The number of carbonyl (C=O) groups excluding carboxylic acids is 2. The molecule has 2 N–H and O–H groups in total. The van der Waals surface area contributed by atoms with Crippen molar-refractivity contribution in [3.8, 4) is 0 Å². The molecule has 27 heavy (non-hydrogen) atoms. The van der Waals surface area contributed by atoms with Crippen molar-refractivity contribution in [3.63, 3.8) is 0 Å². The lowest BCUT2D eigenvalue weighted by Crippen LogP contribution is -2.50. The van der Waals surface area contributed by atoms with E-state index in [4.69, 9.17) is 4.74 Å². The summed E-state index contributed by atoms with van der Waals surface area (Å²) in [6, 6.07) is 0.193. The summed E-state index contributed by atoms with van der Waals surface area (Å²) >= 11 is 0. The molecule has 0 saturated carbocycles. The summed E-state index contributed by atoms with van der Waals surface area (Å²) in [5, 5.41) is 5.92. The van der Waals surface area contributed by atoms with Gasteiger partial charge in [-0.3, -0.25) is 9.69 Å². The third kappa shape index (κ3) is 8.78. The maximum Gasteiger partial charge on any atom is 0.407 e. The molecule has 0 aromatic heterocycles. The molecule has 0 bridgehead atoms. The zero-order valence-corrected chi connectivity index (χ0v) is 17.3. The summed E-state index contributed by atoms with van der Waals surface area (Å²) < 4.78 is 5.30. The summed E-state index contributed by atoms with van der Waals surface area (Å²) in [5.41, 5.74) is 0.989. The predicted octanol–water partition coefficient (Wildman–Crippen LogP) is 3.37. The fraction of sp³-hybridized carbons (Fsp3) is 0.810. The van der Waals surface area contributed by atoms with E-state index in [1.807, 2.05) is 20.8 Å². The number of likely N-dealkylation sites (tertiary alicyclic amines) is 1. The first-order chi connectivity index (χ1) is 12.8. The molecular formula is C21H37N3O3. The average molecular weight is 380 g/mol. The van der Waals surface area contributed by atoms with Gasteiger partial charge in [-0.2, -0.15) is 0 Å². The summed E-state index contributed by atoms with van der Waals surface area (Å²) in [6.07, 6.45) is 11.1. The van der Waals surface area contributed by atoms with Gasteiger partial charge < -0.3 is 15.4 Å². The van der Waals surface area contributed by atoms with Crippen LogP contribution in [0.2, 0.25) is 0 Å². The van der Waals surface area contributed by atoms with E-state index in [2.05, 4.69) is 21.6 Å². The van der Waals surface area contributed by atoms with Gasteiger partial charge in [0.05, 0.1) is 6.54 Å². The first-order valence-corrected chi connectivity index (χ1v) is 10.5. The van der Waals surface area contributed by atoms with Gasteiger partial charge in [-0.1, -0.05) is 18.1 Å². The second-order valence-electron chi connectivity index (χ2n) is 8.71. The SMILES string of the molecule is CC(C)(C)OC(=O)NCC1CCCCN1CC(=O)NCCC1=CCCCC1. The van der Waals surface area contributed by atoms with Crippen molar-refractivity contribution in [3.05, 3.63) is 11.6 Å². The quantitative estimate of drug-likeness (QED) is 0.665. The Morgan fingerprint density at radius 2 is 2.00 bits per heavy atom. The summed E-state index contributed by atoms with van der Waals surface area (Å²) in [6.45, 7) is 8.11. The highest BCUT2D eigenvalue weighted by Crippen LogP contribution is 2.19. The average Bonchev–Trinajstić information content (AvgIpc) is 2.60. The topological polar surface area (TPSA) is 70.7 Å². The highest BCUT2D eigenvalue weighted by molar-refractivity contribution is 5.78. The van der Waals surface area contributed by atoms with Crippen LogP contribution in [0.5, 0.6) is 0 Å². The monoisotopic (exact) mass is 379 g/mol. The van der Waals surface area contributed by atoms with E-state index in [1.165, 1.54) is 31.3 Å². The van der Waals surface area contributed by atoms with Gasteiger partial charge in [-0.05, 0) is 72.3 Å². The number of ether oxygens (including phenoxy) is 1. The van der Waals surface area contributed by atoms with Crippen molar-refractivity contribution >= 4 is 12.0 Å². The Kier molecular flexibility index (Phi) is 8.61. The Morgan fingerprint density at radius 3 is 2.70 bits per heavy atom. The Bertz CT molecular complexity index is 525. The predicted molar refractivity (Wildman–Crippen MR) is 108 cm³/mol. The fourth-order valence-electron chi connectivity index (χ4n) is 3.75. The minimum absolute atomic E-state index is 0.0792. The van der Waals surface area contributed by atoms with Crippen LogP contribution in [0.25, 0.3) is 0 Å². The van der Waals surface area contributed by atoms with E-state index in [9.17, 15) is 9.59 Å². The Hall–Kier alpha value is -1.56. The molecule has 6 heteroatoms. The number of nitrogens with one attached hydrogen (secondary N) is 2. The molecule has 154 valence electrons. The maximum absolute atomic E-state index is 12.3. The minimum Gasteiger partial charge on any atom is -0.444 e. The Morgan fingerprint density at radius 1 is 1.19 bits per heavy atom. The molecule has 2 rings (SSSR count). The van der Waals surface area contributed by atoms with Gasteiger partial charge in [0, 0.05) is 19.1 Å². The zero-order chi connectivity index (χ0) is 19.7. The van der Waals surface area contributed by atoms with Crippen LogP contribution in [0.15, 0.2) is 11.6 Å². The number of allylic oxidation sites excluding steroid dienone is 1. The van der Waals surface area contributed by atoms with Crippen LogP contribution >= 0.6 is 0 Å². The van der Waals surface area contributed by atoms with Crippen molar-refractivity contribution in [2.45, 2.75) is 83.8 Å². The Labute approximate surface area is 164 Å². The van der Waals surface area contributed by atoms with Crippen LogP contribution in [0.4, 0.5) is 4.79 Å². The molecule has 1 heterocycles. The molecule has 0 aromatic rings.